The molecule has 1 aliphatic rings. The maximum absolute atomic E-state index is 12.3. The van der Waals surface area contributed by atoms with Crippen molar-refractivity contribution in [3.8, 4) is 0 Å². The minimum Gasteiger partial charge on any atom is -0.380 e. The zero-order valence-electron chi connectivity index (χ0n) is 12.1. The van der Waals surface area contributed by atoms with E-state index in [4.69, 9.17) is 10.5 Å². The molecule has 0 heterocycles. The highest BCUT2D eigenvalue weighted by molar-refractivity contribution is 9.10. The van der Waals surface area contributed by atoms with Crippen LogP contribution in [-0.2, 0) is 21.3 Å². The minimum absolute atomic E-state index is 0.227. The number of nitrogens with one attached hydrogen (secondary N) is 1. The van der Waals surface area contributed by atoms with Crippen LogP contribution in [-0.4, -0.2) is 28.2 Å². The van der Waals surface area contributed by atoms with Gasteiger partial charge in [-0.2, -0.15) is 0 Å². The molecule has 1 aromatic rings. The molecule has 0 atom stereocenters. The van der Waals surface area contributed by atoms with Crippen LogP contribution in [0.3, 0.4) is 0 Å². The molecule has 0 unspecified atom stereocenters. The number of benzene rings is 1. The van der Waals surface area contributed by atoms with Crippen molar-refractivity contribution in [1.29, 1.82) is 0 Å². The number of aryl methyl sites for hydroxylation is 1. The van der Waals surface area contributed by atoms with Gasteiger partial charge in [0.2, 0.25) is 10.0 Å². The fourth-order valence-corrected chi connectivity index (χ4v) is 4.06. The Morgan fingerprint density at radius 3 is 2.76 bits per heavy atom. The van der Waals surface area contributed by atoms with Gasteiger partial charge in [0.15, 0.2) is 0 Å². The van der Waals surface area contributed by atoms with Crippen molar-refractivity contribution in [1.82, 2.24) is 4.72 Å². The predicted octanol–water partition coefficient (Wildman–Crippen LogP) is 1.92. The molecular formula is C14H21BrN2O3S. The van der Waals surface area contributed by atoms with Crippen molar-refractivity contribution in [2.24, 2.45) is 11.7 Å². The Hall–Kier alpha value is -0.470. The SMILES string of the molecule is Cc1cc(CN)cc(S(=O)(=O)NCCOCC2CC2)c1Br. The lowest BCUT2D eigenvalue weighted by molar-refractivity contribution is 0.129. The first-order chi connectivity index (χ1) is 9.94. The summed E-state index contributed by atoms with van der Waals surface area (Å²) in [6.07, 6.45) is 2.45. The van der Waals surface area contributed by atoms with E-state index < -0.39 is 10.0 Å². The number of halogens is 1. The molecule has 0 spiro atoms. The average Bonchev–Trinajstić information content (AvgIpc) is 3.25. The van der Waals surface area contributed by atoms with Gasteiger partial charge >= 0.3 is 0 Å². The number of rotatable bonds is 8. The molecular weight excluding hydrogens is 356 g/mol. The third-order valence-electron chi connectivity index (χ3n) is 3.40. The highest BCUT2D eigenvalue weighted by atomic mass is 79.9. The lowest BCUT2D eigenvalue weighted by Gasteiger charge is -2.12. The van der Waals surface area contributed by atoms with Crippen LogP contribution < -0.4 is 10.5 Å². The van der Waals surface area contributed by atoms with Crippen LogP contribution >= 0.6 is 15.9 Å². The molecule has 0 aliphatic heterocycles. The van der Waals surface area contributed by atoms with E-state index in [2.05, 4.69) is 20.7 Å². The van der Waals surface area contributed by atoms with Crippen LogP contribution in [0.5, 0.6) is 0 Å². The van der Waals surface area contributed by atoms with E-state index >= 15 is 0 Å². The van der Waals surface area contributed by atoms with Gasteiger partial charge in [0, 0.05) is 24.2 Å². The number of nitrogens with two attached hydrogens (primary N) is 1. The fourth-order valence-electron chi connectivity index (χ4n) is 1.98. The Bertz CT molecular complexity index is 600. The highest BCUT2D eigenvalue weighted by Crippen LogP contribution is 2.29. The number of hydrogen-bond donors (Lipinski definition) is 2. The van der Waals surface area contributed by atoms with Crippen LogP contribution in [0, 0.1) is 12.8 Å². The topological polar surface area (TPSA) is 81.4 Å². The highest BCUT2D eigenvalue weighted by Gasteiger charge is 2.22. The molecule has 0 aromatic heterocycles. The van der Waals surface area contributed by atoms with E-state index in [-0.39, 0.29) is 11.4 Å². The summed E-state index contributed by atoms with van der Waals surface area (Å²) in [6.45, 7) is 3.55. The second kappa shape index (κ2) is 7.19. The molecule has 1 fully saturated rings. The monoisotopic (exact) mass is 376 g/mol. The van der Waals surface area contributed by atoms with Gasteiger partial charge in [0.05, 0.1) is 11.5 Å². The maximum Gasteiger partial charge on any atom is 0.241 e. The van der Waals surface area contributed by atoms with Gasteiger partial charge in [-0.3, -0.25) is 0 Å². The van der Waals surface area contributed by atoms with Crippen molar-refractivity contribution in [3.05, 3.63) is 27.7 Å². The lowest BCUT2D eigenvalue weighted by Crippen LogP contribution is -2.28. The summed E-state index contributed by atoms with van der Waals surface area (Å²) in [6, 6.07) is 3.48. The number of sulfonamides is 1. The summed E-state index contributed by atoms with van der Waals surface area (Å²) < 4.78 is 33.3. The summed E-state index contributed by atoms with van der Waals surface area (Å²) in [7, 11) is -3.56. The van der Waals surface area contributed by atoms with Gasteiger partial charge in [0.25, 0.3) is 0 Å². The second-order valence-electron chi connectivity index (χ2n) is 5.35. The van der Waals surface area contributed by atoms with Gasteiger partial charge in [-0.15, -0.1) is 0 Å². The standard InChI is InChI=1S/C14H21BrN2O3S/c1-10-6-12(8-16)7-13(14(10)15)21(18,19)17-4-5-20-9-11-2-3-11/h6-7,11,17H,2-5,8-9,16H2,1H3. The number of hydrogen-bond acceptors (Lipinski definition) is 4. The summed E-state index contributed by atoms with van der Waals surface area (Å²) in [5.74, 6) is 0.680. The molecule has 0 bridgehead atoms. The minimum atomic E-state index is -3.56. The first kappa shape index (κ1) is 16.9. The molecule has 1 saturated carbocycles. The zero-order valence-corrected chi connectivity index (χ0v) is 14.5. The molecule has 5 nitrogen and oxygen atoms in total. The van der Waals surface area contributed by atoms with Crippen molar-refractivity contribution < 1.29 is 13.2 Å². The Kier molecular flexibility index (Phi) is 5.79. The summed E-state index contributed by atoms with van der Waals surface area (Å²) in [5, 5.41) is 0. The van der Waals surface area contributed by atoms with Crippen LogP contribution in [0.25, 0.3) is 0 Å². The third kappa shape index (κ3) is 4.75. The Morgan fingerprint density at radius 1 is 1.43 bits per heavy atom. The molecule has 1 aliphatic carbocycles. The van der Waals surface area contributed by atoms with Crippen LogP contribution in [0.2, 0.25) is 0 Å². The van der Waals surface area contributed by atoms with E-state index in [1.807, 2.05) is 13.0 Å². The summed E-state index contributed by atoms with van der Waals surface area (Å²) in [4.78, 5) is 0.227. The zero-order chi connectivity index (χ0) is 15.5. The van der Waals surface area contributed by atoms with E-state index in [9.17, 15) is 8.42 Å². The third-order valence-corrected chi connectivity index (χ3v) is 6.20. The van der Waals surface area contributed by atoms with Crippen LogP contribution in [0.4, 0.5) is 0 Å². The molecule has 0 saturated heterocycles. The van der Waals surface area contributed by atoms with Crippen molar-refractivity contribution >= 4 is 26.0 Å². The molecule has 118 valence electrons. The molecule has 1 aromatic carbocycles. The molecule has 7 heteroatoms. The van der Waals surface area contributed by atoms with E-state index in [1.54, 1.807) is 6.07 Å². The summed E-state index contributed by atoms with van der Waals surface area (Å²) in [5.41, 5.74) is 7.25. The van der Waals surface area contributed by atoms with Gasteiger partial charge in [-0.1, -0.05) is 6.07 Å². The maximum atomic E-state index is 12.3. The second-order valence-corrected chi connectivity index (χ2v) is 7.87. The predicted molar refractivity (Wildman–Crippen MR) is 85.5 cm³/mol. The van der Waals surface area contributed by atoms with Crippen molar-refractivity contribution in [2.75, 3.05) is 19.8 Å². The van der Waals surface area contributed by atoms with E-state index in [0.29, 0.717) is 23.5 Å². The first-order valence-corrected chi connectivity index (χ1v) is 9.28. The average molecular weight is 377 g/mol. The van der Waals surface area contributed by atoms with Crippen molar-refractivity contribution in [2.45, 2.75) is 31.2 Å². The van der Waals surface area contributed by atoms with Gasteiger partial charge in [-0.05, 0) is 58.8 Å². The first-order valence-electron chi connectivity index (χ1n) is 7.00. The Labute approximate surface area is 134 Å². The van der Waals surface area contributed by atoms with Gasteiger partial charge in [-0.25, -0.2) is 13.1 Å². The summed E-state index contributed by atoms with van der Waals surface area (Å²) >= 11 is 3.34. The normalized spacial score (nSPS) is 15.4. The molecule has 0 radical (unpaired) electrons. The van der Waals surface area contributed by atoms with Gasteiger partial charge < -0.3 is 10.5 Å². The Morgan fingerprint density at radius 2 is 2.14 bits per heavy atom. The van der Waals surface area contributed by atoms with Crippen LogP contribution in [0.1, 0.15) is 24.0 Å². The van der Waals surface area contributed by atoms with E-state index in [0.717, 1.165) is 17.7 Å². The number of ether oxygens (including phenoxy) is 1. The fraction of sp³-hybridized carbons (Fsp3) is 0.571. The van der Waals surface area contributed by atoms with Crippen LogP contribution in [0.15, 0.2) is 21.5 Å². The molecule has 21 heavy (non-hydrogen) atoms. The molecule has 2 rings (SSSR count). The van der Waals surface area contributed by atoms with E-state index in [1.165, 1.54) is 12.8 Å². The Balaban J connectivity index is 1.98. The smallest absolute Gasteiger partial charge is 0.241 e. The lowest BCUT2D eigenvalue weighted by atomic mass is 10.1. The quantitative estimate of drug-likeness (QED) is 0.679. The van der Waals surface area contributed by atoms with Gasteiger partial charge in [0.1, 0.15) is 0 Å². The van der Waals surface area contributed by atoms with Crippen molar-refractivity contribution in [3.63, 3.8) is 0 Å². The molecule has 3 N–H and O–H groups in total. The molecule has 0 amide bonds. The largest absolute Gasteiger partial charge is 0.380 e.